The summed E-state index contributed by atoms with van der Waals surface area (Å²) in [5, 5.41) is 13.9. The van der Waals surface area contributed by atoms with Crippen molar-refractivity contribution in [3.8, 4) is 11.3 Å². The molecule has 2 aromatic heterocycles. The lowest BCUT2D eigenvalue weighted by Crippen LogP contribution is -1.88. The summed E-state index contributed by atoms with van der Waals surface area (Å²) in [6.45, 7) is 0. The van der Waals surface area contributed by atoms with Crippen LogP contribution in [0.4, 0.5) is 0 Å². The van der Waals surface area contributed by atoms with E-state index in [1.807, 2.05) is 0 Å². The second kappa shape index (κ2) is 3.14. The van der Waals surface area contributed by atoms with Crippen LogP contribution in [0.15, 0.2) is 24.5 Å². The van der Waals surface area contributed by atoms with Gasteiger partial charge in [-0.2, -0.15) is 15.3 Å². The number of H-pyrrole nitrogens is 1. The lowest BCUT2D eigenvalue weighted by Gasteiger charge is -1.93. The van der Waals surface area contributed by atoms with Crippen LogP contribution in [0.2, 0.25) is 0 Å². The van der Waals surface area contributed by atoms with Gasteiger partial charge < -0.3 is 0 Å². The predicted octanol–water partition coefficient (Wildman–Crippen LogP) is 0.679. The summed E-state index contributed by atoms with van der Waals surface area (Å²) in [6, 6.07) is 3.52. The Morgan fingerprint density at radius 2 is 2.38 bits per heavy atom. The molecule has 0 bridgehead atoms. The van der Waals surface area contributed by atoms with Crippen LogP contribution in [-0.2, 0) is 0 Å². The summed E-state index contributed by atoms with van der Waals surface area (Å²) in [5.74, 6) is 0. The van der Waals surface area contributed by atoms with E-state index in [1.165, 1.54) is 0 Å². The topological polar surface area (TPSA) is 71.5 Å². The highest BCUT2D eigenvalue weighted by atomic mass is 16.1. The van der Waals surface area contributed by atoms with Crippen molar-refractivity contribution >= 4 is 6.29 Å². The van der Waals surface area contributed by atoms with Crippen molar-refractivity contribution in [1.82, 2.24) is 20.4 Å². The molecule has 0 atom stereocenters. The molecule has 64 valence electrons. The zero-order valence-corrected chi connectivity index (χ0v) is 6.64. The number of aldehydes is 1. The molecule has 0 aliphatic carbocycles. The molecule has 0 amide bonds. The zero-order chi connectivity index (χ0) is 9.10. The average Bonchev–Trinajstić information content (AvgIpc) is 2.67. The minimum atomic E-state index is 0.417. The third-order valence-corrected chi connectivity index (χ3v) is 1.63. The standard InChI is InChI=1S/C8H6N4O/c13-5-8-6(4-10-12-8)7-2-1-3-9-11-7/h1-5H,(H,10,12). The highest BCUT2D eigenvalue weighted by Gasteiger charge is 2.06. The number of carbonyl (C=O) groups excluding carboxylic acids is 1. The Kier molecular flexibility index (Phi) is 1.84. The lowest BCUT2D eigenvalue weighted by atomic mass is 10.2. The fourth-order valence-electron chi connectivity index (χ4n) is 1.04. The van der Waals surface area contributed by atoms with Gasteiger partial charge in [0.2, 0.25) is 0 Å². The Labute approximate surface area is 73.8 Å². The lowest BCUT2D eigenvalue weighted by molar-refractivity contribution is 0.111. The third-order valence-electron chi connectivity index (χ3n) is 1.63. The molecule has 0 unspecified atom stereocenters. The molecule has 2 aromatic rings. The van der Waals surface area contributed by atoms with Gasteiger partial charge in [0.25, 0.3) is 0 Å². The molecule has 0 aromatic carbocycles. The second-order valence-electron chi connectivity index (χ2n) is 2.42. The van der Waals surface area contributed by atoms with E-state index in [4.69, 9.17) is 0 Å². The van der Waals surface area contributed by atoms with Gasteiger partial charge in [-0.25, -0.2) is 0 Å². The molecule has 0 fully saturated rings. The van der Waals surface area contributed by atoms with Crippen molar-refractivity contribution in [3.63, 3.8) is 0 Å². The molecule has 0 saturated carbocycles. The van der Waals surface area contributed by atoms with Crippen LogP contribution in [0.1, 0.15) is 10.5 Å². The van der Waals surface area contributed by atoms with Gasteiger partial charge >= 0.3 is 0 Å². The van der Waals surface area contributed by atoms with Crippen LogP contribution in [0.5, 0.6) is 0 Å². The summed E-state index contributed by atoms with van der Waals surface area (Å²) >= 11 is 0. The number of hydrogen-bond donors (Lipinski definition) is 1. The van der Waals surface area contributed by atoms with Crippen molar-refractivity contribution in [2.75, 3.05) is 0 Å². The van der Waals surface area contributed by atoms with Crippen LogP contribution in [0.3, 0.4) is 0 Å². The van der Waals surface area contributed by atoms with Gasteiger partial charge in [0.1, 0.15) is 5.69 Å². The molecule has 0 aliphatic heterocycles. The summed E-state index contributed by atoms with van der Waals surface area (Å²) < 4.78 is 0. The molecule has 5 nitrogen and oxygen atoms in total. The zero-order valence-electron chi connectivity index (χ0n) is 6.64. The monoisotopic (exact) mass is 174 g/mol. The van der Waals surface area contributed by atoms with Gasteiger partial charge in [-0.05, 0) is 12.1 Å². The minimum absolute atomic E-state index is 0.417. The molecular formula is C8H6N4O. The first-order valence-electron chi connectivity index (χ1n) is 3.68. The van der Waals surface area contributed by atoms with E-state index in [0.717, 1.165) is 0 Å². The fraction of sp³-hybridized carbons (Fsp3) is 0. The number of aromatic nitrogens is 4. The normalized spacial score (nSPS) is 9.85. The molecule has 0 spiro atoms. The molecule has 2 heterocycles. The minimum Gasteiger partial charge on any atom is -0.296 e. The quantitative estimate of drug-likeness (QED) is 0.679. The van der Waals surface area contributed by atoms with Gasteiger partial charge in [0, 0.05) is 6.20 Å². The first-order chi connectivity index (χ1) is 6.42. The summed E-state index contributed by atoms with van der Waals surface area (Å²) in [5.41, 5.74) is 1.72. The Bertz CT molecular complexity index is 409. The Morgan fingerprint density at radius 1 is 1.46 bits per heavy atom. The predicted molar refractivity (Wildman–Crippen MR) is 45.0 cm³/mol. The molecule has 2 rings (SSSR count). The van der Waals surface area contributed by atoms with Gasteiger partial charge in [-0.3, -0.25) is 9.89 Å². The van der Waals surface area contributed by atoms with E-state index in [2.05, 4.69) is 20.4 Å². The van der Waals surface area contributed by atoms with Crippen LogP contribution in [0.25, 0.3) is 11.3 Å². The third kappa shape index (κ3) is 1.31. The van der Waals surface area contributed by atoms with E-state index < -0.39 is 0 Å². The van der Waals surface area contributed by atoms with Crippen molar-refractivity contribution in [2.45, 2.75) is 0 Å². The number of nitrogens with zero attached hydrogens (tertiary/aromatic N) is 3. The molecule has 0 saturated heterocycles. The number of nitrogens with one attached hydrogen (secondary N) is 1. The number of carbonyl (C=O) groups is 1. The number of aromatic amines is 1. The van der Waals surface area contributed by atoms with Gasteiger partial charge in [-0.15, -0.1) is 0 Å². The van der Waals surface area contributed by atoms with Crippen LogP contribution in [0, 0.1) is 0 Å². The fourth-order valence-corrected chi connectivity index (χ4v) is 1.04. The maximum absolute atomic E-state index is 10.5. The molecule has 5 heteroatoms. The van der Waals surface area contributed by atoms with Crippen molar-refractivity contribution in [1.29, 1.82) is 0 Å². The largest absolute Gasteiger partial charge is 0.296 e. The van der Waals surface area contributed by atoms with E-state index in [1.54, 1.807) is 24.5 Å². The SMILES string of the molecule is O=Cc1[nH]ncc1-c1cccnn1. The average molecular weight is 174 g/mol. The van der Waals surface area contributed by atoms with Gasteiger partial charge in [0.15, 0.2) is 6.29 Å². The first-order valence-corrected chi connectivity index (χ1v) is 3.68. The second-order valence-corrected chi connectivity index (χ2v) is 2.42. The van der Waals surface area contributed by atoms with E-state index >= 15 is 0 Å². The van der Waals surface area contributed by atoms with Gasteiger partial charge in [-0.1, -0.05) is 0 Å². The van der Waals surface area contributed by atoms with Crippen molar-refractivity contribution < 1.29 is 4.79 Å². The summed E-state index contributed by atoms with van der Waals surface area (Å²) in [7, 11) is 0. The first kappa shape index (κ1) is 7.60. The van der Waals surface area contributed by atoms with E-state index in [-0.39, 0.29) is 0 Å². The maximum atomic E-state index is 10.5. The molecule has 13 heavy (non-hydrogen) atoms. The van der Waals surface area contributed by atoms with E-state index in [0.29, 0.717) is 23.2 Å². The maximum Gasteiger partial charge on any atom is 0.168 e. The van der Waals surface area contributed by atoms with Crippen molar-refractivity contribution in [2.24, 2.45) is 0 Å². The van der Waals surface area contributed by atoms with Crippen LogP contribution < -0.4 is 0 Å². The Balaban J connectivity index is 2.52. The highest BCUT2D eigenvalue weighted by Crippen LogP contribution is 2.16. The number of rotatable bonds is 2. The molecule has 0 aliphatic rings. The molecule has 0 radical (unpaired) electrons. The number of hydrogen-bond acceptors (Lipinski definition) is 4. The summed E-state index contributed by atoms with van der Waals surface area (Å²) in [4.78, 5) is 10.5. The Hall–Kier alpha value is -2.04. The van der Waals surface area contributed by atoms with Crippen LogP contribution >= 0.6 is 0 Å². The smallest absolute Gasteiger partial charge is 0.168 e. The van der Waals surface area contributed by atoms with Crippen molar-refractivity contribution in [3.05, 3.63) is 30.2 Å². The Morgan fingerprint density at radius 3 is 3.08 bits per heavy atom. The van der Waals surface area contributed by atoms with E-state index in [9.17, 15) is 4.79 Å². The van der Waals surface area contributed by atoms with Gasteiger partial charge in [0.05, 0.1) is 17.5 Å². The molecular weight excluding hydrogens is 168 g/mol. The molecule has 1 N–H and O–H groups in total. The summed E-state index contributed by atoms with van der Waals surface area (Å²) in [6.07, 6.45) is 3.83. The highest BCUT2D eigenvalue weighted by molar-refractivity contribution is 5.83. The van der Waals surface area contributed by atoms with Crippen LogP contribution in [-0.4, -0.2) is 26.7 Å².